The molecule has 3 rings (SSSR count). The molecule has 6 heteroatoms. The van der Waals surface area contributed by atoms with E-state index in [9.17, 15) is 14.7 Å². The lowest BCUT2D eigenvalue weighted by atomic mass is 10.1. The summed E-state index contributed by atoms with van der Waals surface area (Å²) in [6.07, 6.45) is 0.562. The first-order chi connectivity index (χ1) is 12.3. The Kier molecular flexibility index (Phi) is 4.95. The van der Waals surface area contributed by atoms with Crippen molar-refractivity contribution in [2.24, 2.45) is 0 Å². The first-order valence-electron chi connectivity index (χ1n) is 8.59. The van der Waals surface area contributed by atoms with Crippen LogP contribution in [0.25, 0.3) is 0 Å². The lowest BCUT2D eigenvalue weighted by Gasteiger charge is -2.20. The number of rotatable bonds is 3. The zero-order valence-electron chi connectivity index (χ0n) is 15.0. The summed E-state index contributed by atoms with van der Waals surface area (Å²) in [6, 6.07) is 14.1. The number of urea groups is 1. The summed E-state index contributed by atoms with van der Waals surface area (Å²) in [6.45, 7) is 4.44. The Morgan fingerprint density at radius 2 is 1.85 bits per heavy atom. The van der Waals surface area contributed by atoms with E-state index in [-0.39, 0.29) is 11.9 Å². The number of carbonyl (C=O) groups is 2. The quantitative estimate of drug-likeness (QED) is 0.792. The second-order valence-electron chi connectivity index (χ2n) is 6.95. The smallest absolute Gasteiger partial charge is 0.321 e. The van der Waals surface area contributed by atoms with E-state index in [1.807, 2.05) is 19.1 Å². The zero-order valence-corrected chi connectivity index (χ0v) is 15.0. The van der Waals surface area contributed by atoms with Crippen molar-refractivity contribution >= 4 is 23.3 Å². The molecule has 0 saturated carbocycles. The fourth-order valence-corrected chi connectivity index (χ4v) is 2.94. The summed E-state index contributed by atoms with van der Waals surface area (Å²) in [5.41, 5.74) is 1.86. The van der Waals surface area contributed by atoms with Gasteiger partial charge in [-0.3, -0.25) is 4.79 Å². The highest BCUT2D eigenvalue weighted by Gasteiger charge is 2.34. The van der Waals surface area contributed by atoms with Gasteiger partial charge in [0.1, 0.15) is 0 Å². The molecule has 3 amide bonds. The van der Waals surface area contributed by atoms with Crippen molar-refractivity contribution in [3.8, 4) is 0 Å². The summed E-state index contributed by atoms with van der Waals surface area (Å²) in [5, 5.41) is 15.7. The molecule has 1 aliphatic heterocycles. The van der Waals surface area contributed by atoms with E-state index in [0.29, 0.717) is 36.4 Å². The first-order valence-corrected chi connectivity index (χ1v) is 8.59. The maximum atomic E-state index is 12.4. The molecule has 1 heterocycles. The number of aliphatic hydroxyl groups is 1. The first kappa shape index (κ1) is 17.9. The fraction of sp³-hybridized carbons (Fsp3) is 0.300. The van der Waals surface area contributed by atoms with Gasteiger partial charge in [0.2, 0.25) is 0 Å². The van der Waals surface area contributed by atoms with Crippen molar-refractivity contribution in [3.63, 3.8) is 0 Å². The molecule has 2 aromatic carbocycles. The van der Waals surface area contributed by atoms with E-state index in [4.69, 9.17) is 0 Å². The number of aryl methyl sites for hydroxylation is 1. The van der Waals surface area contributed by atoms with E-state index in [0.717, 1.165) is 5.56 Å². The topological polar surface area (TPSA) is 81.7 Å². The van der Waals surface area contributed by atoms with Crippen LogP contribution in [0.3, 0.4) is 0 Å². The Morgan fingerprint density at radius 3 is 2.50 bits per heavy atom. The van der Waals surface area contributed by atoms with Crippen LogP contribution < -0.4 is 10.6 Å². The number of hydrogen-bond acceptors (Lipinski definition) is 3. The molecule has 2 aromatic rings. The fourth-order valence-electron chi connectivity index (χ4n) is 2.94. The SMILES string of the molecule is Cc1ccc(NC(=O)c2ccccc2)cc1NC(=O)N1CC[C@@](C)(O)C1. The monoisotopic (exact) mass is 353 g/mol. The molecule has 1 fully saturated rings. The normalized spacial score (nSPS) is 19.3. The van der Waals surface area contributed by atoms with E-state index in [2.05, 4.69) is 10.6 Å². The van der Waals surface area contributed by atoms with Crippen LogP contribution in [0.4, 0.5) is 16.2 Å². The number of anilines is 2. The number of amides is 3. The average Bonchev–Trinajstić information content (AvgIpc) is 2.98. The van der Waals surface area contributed by atoms with Crippen LogP contribution in [-0.4, -0.2) is 40.6 Å². The summed E-state index contributed by atoms with van der Waals surface area (Å²) < 4.78 is 0. The van der Waals surface area contributed by atoms with Crippen LogP contribution in [0, 0.1) is 6.92 Å². The van der Waals surface area contributed by atoms with Gasteiger partial charge in [-0.1, -0.05) is 24.3 Å². The molecule has 0 spiro atoms. The molecule has 26 heavy (non-hydrogen) atoms. The van der Waals surface area contributed by atoms with Gasteiger partial charge in [0.05, 0.1) is 12.1 Å². The number of nitrogens with zero attached hydrogens (tertiary/aromatic N) is 1. The second kappa shape index (κ2) is 7.17. The Labute approximate surface area is 152 Å². The van der Waals surface area contributed by atoms with Gasteiger partial charge in [0.15, 0.2) is 0 Å². The number of benzene rings is 2. The molecular formula is C20H23N3O3. The molecule has 6 nitrogen and oxygen atoms in total. The minimum atomic E-state index is -0.835. The molecule has 1 aliphatic rings. The highest BCUT2D eigenvalue weighted by Crippen LogP contribution is 2.24. The Bertz CT molecular complexity index is 818. The lowest BCUT2D eigenvalue weighted by Crippen LogP contribution is -2.36. The van der Waals surface area contributed by atoms with Gasteiger partial charge in [0.25, 0.3) is 5.91 Å². The van der Waals surface area contributed by atoms with Crippen molar-refractivity contribution < 1.29 is 14.7 Å². The number of hydrogen-bond donors (Lipinski definition) is 3. The molecule has 0 radical (unpaired) electrons. The predicted octanol–water partition coefficient (Wildman–Crippen LogP) is 3.24. The standard InChI is InChI=1S/C20H23N3O3/c1-14-8-9-16(21-18(24)15-6-4-3-5-7-15)12-17(14)22-19(25)23-11-10-20(2,26)13-23/h3-9,12,26H,10-11,13H2,1-2H3,(H,21,24)(H,22,25)/t20-/m1/s1. The second-order valence-corrected chi connectivity index (χ2v) is 6.95. The molecule has 0 aromatic heterocycles. The van der Waals surface area contributed by atoms with Crippen LogP contribution >= 0.6 is 0 Å². The van der Waals surface area contributed by atoms with Crippen LogP contribution in [-0.2, 0) is 0 Å². The van der Waals surface area contributed by atoms with Crippen molar-refractivity contribution in [2.45, 2.75) is 25.9 Å². The van der Waals surface area contributed by atoms with Gasteiger partial charge in [-0.05, 0) is 50.1 Å². The number of nitrogens with one attached hydrogen (secondary N) is 2. The van der Waals surface area contributed by atoms with Crippen molar-refractivity contribution in [1.29, 1.82) is 0 Å². The highest BCUT2D eigenvalue weighted by atomic mass is 16.3. The van der Waals surface area contributed by atoms with Crippen molar-refractivity contribution in [2.75, 3.05) is 23.7 Å². The molecule has 136 valence electrons. The Morgan fingerprint density at radius 1 is 1.12 bits per heavy atom. The minimum absolute atomic E-state index is 0.206. The molecule has 1 saturated heterocycles. The molecular weight excluding hydrogens is 330 g/mol. The van der Waals surface area contributed by atoms with Gasteiger partial charge < -0.3 is 20.6 Å². The van der Waals surface area contributed by atoms with Gasteiger partial charge >= 0.3 is 6.03 Å². The van der Waals surface area contributed by atoms with Gasteiger partial charge in [-0.25, -0.2) is 4.79 Å². The largest absolute Gasteiger partial charge is 0.388 e. The van der Waals surface area contributed by atoms with Gasteiger partial charge in [0, 0.05) is 23.5 Å². The van der Waals surface area contributed by atoms with Gasteiger partial charge in [-0.15, -0.1) is 0 Å². The Balaban J connectivity index is 1.70. The summed E-state index contributed by atoms with van der Waals surface area (Å²) in [7, 11) is 0. The molecule has 0 aliphatic carbocycles. The number of likely N-dealkylation sites (tertiary alicyclic amines) is 1. The van der Waals surface area contributed by atoms with E-state index < -0.39 is 5.60 Å². The van der Waals surface area contributed by atoms with Crippen LogP contribution in [0.2, 0.25) is 0 Å². The van der Waals surface area contributed by atoms with Crippen LogP contribution in [0.5, 0.6) is 0 Å². The van der Waals surface area contributed by atoms with Crippen molar-refractivity contribution in [3.05, 3.63) is 59.7 Å². The lowest BCUT2D eigenvalue weighted by molar-refractivity contribution is 0.0727. The molecule has 0 unspecified atom stereocenters. The minimum Gasteiger partial charge on any atom is -0.388 e. The zero-order chi connectivity index (χ0) is 18.7. The Hall–Kier alpha value is -2.86. The molecule has 0 bridgehead atoms. The third-order valence-corrected chi connectivity index (χ3v) is 4.51. The maximum Gasteiger partial charge on any atom is 0.321 e. The van der Waals surface area contributed by atoms with Crippen molar-refractivity contribution in [1.82, 2.24) is 4.90 Å². The maximum absolute atomic E-state index is 12.4. The number of carbonyl (C=O) groups excluding carboxylic acids is 2. The highest BCUT2D eigenvalue weighted by molar-refractivity contribution is 6.04. The van der Waals surface area contributed by atoms with E-state index in [1.165, 1.54) is 0 Å². The van der Waals surface area contributed by atoms with Gasteiger partial charge in [-0.2, -0.15) is 0 Å². The van der Waals surface area contributed by atoms with Crippen LogP contribution in [0.15, 0.2) is 48.5 Å². The third-order valence-electron chi connectivity index (χ3n) is 4.51. The van der Waals surface area contributed by atoms with Crippen LogP contribution in [0.1, 0.15) is 29.3 Å². The predicted molar refractivity (Wildman–Crippen MR) is 101 cm³/mol. The third kappa shape index (κ3) is 4.21. The molecule has 3 N–H and O–H groups in total. The number of β-amino-alcohol motifs (C(OH)–C–C–N with tert-alkyl or cyclic N) is 1. The summed E-state index contributed by atoms with van der Waals surface area (Å²) >= 11 is 0. The summed E-state index contributed by atoms with van der Waals surface area (Å²) in [5.74, 6) is -0.206. The van der Waals surface area contributed by atoms with E-state index in [1.54, 1.807) is 48.2 Å². The average molecular weight is 353 g/mol. The van der Waals surface area contributed by atoms with E-state index >= 15 is 0 Å². The summed E-state index contributed by atoms with van der Waals surface area (Å²) in [4.78, 5) is 26.3. The molecule has 1 atom stereocenters.